The van der Waals surface area contributed by atoms with Crippen molar-refractivity contribution in [1.29, 1.82) is 0 Å². The Morgan fingerprint density at radius 1 is 1.19 bits per heavy atom. The van der Waals surface area contributed by atoms with Gasteiger partial charge in [-0.2, -0.15) is 0 Å². The maximum Gasteiger partial charge on any atom is 0.354 e. The Kier molecular flexibility index (Phi) is 2.34. The van der Waals surface area contributed by atoms with Gasteiger partial charge in [-0.25, -0.2) is 14.7 Å². The van der Waals surface area contributed by atoms with Crippen molar-refractivity contribution in [2.75, 3.05) is 4.90 Å². The lowest BCUT2D eigenvalue weighted by Crippen LogP contribution is -2.33. The quantitative estimate of drug-likeness (QED) is 0.649. The molecule has 106 valence electrons. The number of amides is 2. The fraction of sp³-hybridized carbons (Fsp3) is 0.333. The van der Waals surface area contributed by atoms with Crippen molar-refractivity contribution >= 4 is 23.5 Å². The second-order valence-electron chi connectivity index (χ2n) is 5.72. The van der Waals surface area contributed by atoms with E-state index in [4.69, 9.17) is 5.11 Å². The van der Waals surface area contributed by atoms with E-state index in [9.17, 15) is 14.4 Å². The van der Waals surface area contributed by atoms with E-state index in [1.807, 2.05) is 12.2 Å². The zero-order chi connectivity index (χ0) is 14.7. The van der Waals surface area contributed by atoms with Crippen molar-refractivity contribution < 1.29 is 19.5 Å². The van der Waals surface area contributed by atoms with Crippen LogP contribution in [0.15, 0.2) is 30.5 Å². The van der Waals surface area contributed by atoms with Crippen LogP contribution in [-0.4, -0.2) is 27.9 Å². The highest BCUT2D eigenvalue weighted by Gasteiger charge is 2.59. The summed E-state index contributed by atoms with van der Waals surface area (Å²) in [6.45, 7) is 0. The third kappa shape index (κ3) is 1.53. The van der Waals surface area contributed by atoms with Crippen LogP contribution in [0.1, 0.15) is 16.9 Å². The molecule has 2 fully saturated rings. The first-order valence-corrected chi connectivity index (χ1v) is 6.83. The van der Waals surface area contributed by atoms with Crippen molar-refractivity contribution in [2.24, 2.45) is 23.7 Å². The van der Waals surface area contributed by atoms with Crippen LogP contribution >= 0.6 is 0 Å². The van der Waals surface area contributed by atoms with E-state index in [1.54, 1.807) is 0 Å². The molecule has 2 bridgehead atoms. The van der Waals surface area contributed by atoms with Crippen molar-refractivity contribution in [1.82, 2.24) is 4.98 Å². The molecule has 2 amide bonds. The van der Waals surface area contributed by atoms with E-state index in [0.717, 1.165) is 11.3 Å². The second kappa shape index (κ2) is 4.00. The Balaban J connectivity index is 1.74. The van der Waals surface area contributed by atoms with Crippen LogP contribution in [0.5, 0.6) is 0 Å². The SMILES string of the molecule is O=C(O)c1cc(N2C(=O)C3C4C=CC(C4)C3C2=O)ccn1. The molecule has 1 aromatic rings. The summed E-state index contributed by atoms with van der Waals surface area (Å²) in [5.41, 5.74) is 0.123. The topological polar surface area (TPSA) is 87.6 Å². The number of nitrogens with zero attached hydrogens (tertiary/aromatic N) is 2. The fourth-order valence-corrected chi connectivity index (χ4v) is 3.83. The number of aromatic carboxylic acids is 1. The average Bonchev–Trinajstić information content (AvgIpc) is 3.13. The van der Waals surface area contributed by atoms with Gasteiger partial charge in [-0.1, -0.05) is 12.2 Å². The predicted octanol–water partition coefficient (Wildman–Crippen LogP) is 1.09. The maximum atomic E-state index is 12.6. The molecular weight excluding hydrogens is 272 g/mol. The number of hydrogen-bond donors (Lipinski definition) is 1. The molecule has 0 spiro atoms. The first-order chi connectivity index (χ1) is 10.1. The van der Waals surface area contributed by atoms with Gasteiger partial charge in [0.15, 0.2) is 0 Å². The first kappa shape index (κ1) is 12.3. The van der Waals surface area contributed by atoms with Crippen LogP contribution in [0.2, 0.25) is 0 Å². The van der Waals surface area contributed by atoms with Crippen molar-refractivity contribution in [2.45, 2.75) is 6.42 Å². The summed E-state index contributed by atoms with van der Waals surface area (Å²) in [4.78, 5) is 41.0. The lowest BCUT2D eigenvalue weighted by Gasteiger charge is -2.17. The number of aromatic nitrogens is 1. The summed E-state index contributed by atoms with van der Waals surface area (Å²) in [6.07, 6.45) is 6.23. The number of anilines is 1. The highest BCUT2D eigenvalue weighted by atomic mass is 16.4. The minimum Gasteiger partial charge on any atom is -0.477 e. The molecule has 0 radical (unpaired) electrons. The van der Waals surface area contributed by atoms with Crippen molar-refractivity contribution in [3.05, 3.63) is 36.2 Å². The molecule has 1 aliphatic heterocycles. The molecule has 3 aliphatic rings. The zero-order valence-corrected chi connectivity index (χ0v) is 11.0. The number of allylic oxidation sites excluding steroid dienone is 2. The molecule has 1 N–H and O–H groups in total. The van der Waals surface area contributed by atoms with E-state index in [1.165, 1.54) is 18.3 Å². The van der Waals surface area contributed by atoms with Crippen molar-refractivity contribution in [3.63, 3.8) is 0 Å². The van der Waals surface area contributed by atoms with Crippen LogP contribution in [0.4, 0.5) is 5.69 Å². The number of carbonyl (C=O) groups excluding carboxylic acids is 2. The van der Waals surface area contributed by atoms with Crippen LogP contribution < -0.4 is 4.90 Å². The number of fused-ring (bicyclic) bond motifs is 5. The molecular formula is C15H12N2O4. The van der Waals surface area contributed by atoms with Crippen LogP contribution in [-0.2, 0) is 9.59 Å². The summed E-state index contributed by atoms with van der Waals surface area (Å²) in [5, 5.41) is 8.98. The normalized spacial score (nSPS) is 32.9. The molecule has 4 unspecified atom stereocenters. The van der Waals surface area contributed by atoms with Crippen LogP contribution in [0.3, 0.4) is 0 Å². The van der Waals surface area contributed by atoms with Gasteiger partial charge in [0, 0.05) is 6.20 Å². The molecule has 6 nitrogen and oxygen atoms in total. The van der Waals surface area contributed by atoms with Gasteiger partial charge in [-0.3, -0.25) is 9.59 Å². The molecule has 1 saturated heterocycles. The second-order valence-corrected chi connectivity index (χ2v) is 5.72. The zero-order valence-electron chi connectivity index (χ0n) is 11.0. The smallest absolute Gasteiger partial charge is 0.354 e. The summed E-state index contributed by atoms with van der Waals surface area (Å²) in [7, 11) is 0. The van der Waals surface area contributed by atoms with Crippen LogP contribution in [0, 0.1) is 23.7 Å². The lowest BCUT2D eigenvalue weighted by atomic mass is 9.85. The molecule has 0 aromatic carbocycles. The third-order valence-corrected chi connectivity index (χ3v) is 4.69. The van der Waals surface area contributed by atoms with E-state index >= 15 is 0 Å². The van der Waals surface area contributed by atoms with Gasteiger partial charge in [-0.05, 0) is 30.4 Å². The number of rotatable bonds is 2. The highest BCUT2D eigenvalue weighted by molar-refractivity contribution is 6.23. The predicted molar refractivity (Wildman–Crippen MR) is 71.4 cm³/mol. The number of carboxylic acid groups (broad SMARTS) is 1. The average molecular weight is 284 g/mol. The van der Waals surface area contributed by atoms with Gasteiger partial charge < -0.3 is 5.11 Å². The monoisotopic (exact) mass is 284 g/mol. The highest BCUT2D eigenvalue weighted by Crippen LogP contribution is 2.53. The first-order valence-electron chi connectivity index (χ1n) is 6.83. The molecule has 2 aliphatic carbocycles. The number of carboxylic acids is 1. The Labute approximate surface area is 120 Å². The van der Waals surface area contributed by atoms with E-state index in [-0.39, 0.29) is 41.2 Å². The Morgan fingerprint density at radius 3 is 2.38 bits per heavy atom. The van der Waals surface area contributed by atoms with E-state index in [2.05, 4.69) is 4.98 Å². The molecule has 2 heterocycles. The van der Waals surface area contributed by atoms with Gasteiger partial charge in [0.1, 0.15) is 5.69 Å². The third-order valence-electron chi connectivity index (χ3n) is 4.69. The van der Waals surface area contributed by atoms with E-state index in [0.29, 0.717) is 5.69 Å². The van der Waals surface area contributed by atoms with Gasteiger partial charge in [0.25, 0.3) is 0 Å². The van der Waals surface area contributed by atoms with Crippen molar-refractivity contribution in [3.8, 4) is 0 Å². The summed E-state index contributed by atoms with van der Waals surface area (Å²) in [6, 6.07) is 2.77. The summed E-state index contributed by atoms with van der Waals surface area (Å²) < 4.78 is 0. The Morgan fingerprint density at radius 2 is 1.81 bits per heavy atom. The number of carbonyl (C=O) groups is 3. The molecule has 4 atom stereocenters. The van der Waals surface area contributed by atoms with Gasteiger partial charge >= 0.3 is 5.97 Å². The van der Waals surface area contributed by atoms with Gasteiger partial charge in [-0.15, -0.1) is 0 Å². The minimum absolute atomic E-state index is 0.141. The molecule has 1 saturated carbocycles. The van der Waals surface area contributed by atoms with E-state index < -0.39 is 5.97 Å². The van der Waals surface area contributed by atoms with Gasteiger partial charge in [0.2, 0.25) is 11.8 Å². The fourth-order valence-electron chi connectivity index (χ4n) is 3.83. The van der Waals surface area contributed by atoms with Gasteiger partial charge in [0.05, 0.1) is 17.5 Å². The number of imide groups is 1. The molecule has 4 rings (SSSR count). The molecule has 1 aromatic heterocycles. The number of hydrogen-bond acceptors (Lipinski definition) is 4. The Bertz CT molecular complexity index is 681. The number of pyridine rings is 1. The summed E-state index contributed by atoms with van der Waals surface area (Å²) in [5.74, 6) is -1.90. The summed E-state index contributed by atoms with van der Waals surface area (Å²) >= 11 is 0. The maximum absolute atomic E-state index is 12.6. The lowest BCUT2D eigenvalue weighted by molar-refractivity contribution is -0.123. The minimum atomic E-state index is -1.18. The molecule has 6 heteroatoms. The standard InChI is InChI=1S/C15H12N2O4/c18-13-11-7-1-2-8(5-7)12(11)14(19)17(13)9-3-4-16-10(6-9)15(20)21/h1-4,6-8,11-12H,5H2,(H,20,21). The Hall–Kier alpha value is -2.50. The largest absolute Gasteiger partial charge is 0.477 e. The molecule has 21 heavy (non-hydrogen) atoms. The van der Waals surface area contributed by atoms with Crippen LogP contribution in [0.25, 0.3) is 0 Å².